The molecule has 1 amide bonds. The molecule has 0 unspecified atom stereocenters. The third kappa shape index (κ3) is 4.26. The van der Waals surface area contributed by atoms with E-state index in [1.54, 1.807) is 13.0 Å². The predicted octanol–water partition coefficient (Wildman–Crippen LogP) is 2.83. The number of amides is 1. The van der Waals surface area contributed by atoms with Crippen LogP contribution < -0.4 is 10.1 Å². The average molecular weight is 331 g/mol. The lowest BCUT2D eigenvalue weighted by atomic mass is 10.2. The quantitative estimate of drug-likeness (QED) is 0.641. The van der Waals surface area contributed by atoms with E-state index in [1.807, 2.05) is 0 Å². The summed E-state index contributed by atoms with van der Waals surface area (Å²) in [5.41, 5.74) is 0.353. The molecule has 1 N–H and O–H groups in total. The van der Waals surface area contributed by atoms with Crippen molar-refractivity contribution in [3.63, 3.8) is 0 Å². The first kappa shape index (κ1) is 16.9. The monoisotopic (exact) mass is 331 g/mol. The van der Waals surface area contributed by atoms with Crippen LogP contribution in [0.25, 0.3) is 0 Å². The number of hydrogen-bond acceptors (Lipinski definition) is 6. The number of ether oxygens (including phenoxy) is 1. The van der Waals surface area contributed by atoms with Gasteiger partial charge in [-0.1, -0.05) is 12.1 Å². The van der Waals surface area contributed by atoms with Gasteiger partial charge in [0.2, 0.25) is 0 Å². The second-order valence-corrected chi connectivity index (χ2v) is 4.87. The molecule has 0 bridgehead atoms. The molecule has 124 valence electrons. The molecular formula is C15H13N3O6. The van der Waals surface area contributed by atoms with Crippen molar-refractivity contribution in [3.8, 4) is 5.75 Å². The highest BCUT2D eigenvalue weighted by molar-refractivity contribution is 5.94. The minimum Gasteiger partial charge on any atom is -0.484 e. The zero-order valence-electron chi connectivity index (χ0n) is 12.6. The molecule has 2 rings (SSSR count). The van der Waals surface area contributed by atoms with Crippen LogP contribution in [0.15, 0.2) is 42.5 Å². The largest absolute Gasteiger partial charge is 0.484 e. The van der Waals surface area contributed by atoms with Crippen LogP contribution in [0.1, 0.15) is 5.56 Å². The molecule has 0 aliphatic rings. The smallest absolute Gasteiger partial charge is 0.293 e. The lowest BCUT2D eigenvalue weighted by Gasteiger charge is -2.08. The topological polar surface area (TPSA) is 125 Å². The normalized spacial score (nSPS) is 10.0. The third-order valence-electron chi connectivity index (χ3n) is 3.02. The van der Waals surface area contributed by atoms with Crippen molar-refractivity contribution in [1.29, 1.82) is 0 Å². The fourth-order valence-corrected chi connectivity index (χ4v) is 1.92. The third-order valence-corrected chi connectivity index (χ3v) is 3.02. The fraction of sp³-hybridized carbons (Fsp3) is 0.133. The van der Waals surface area contributed by atoms with Crippen molar-refractivity contribution in [2.24, 2.45) is 0 Å². The zero-order chi connectivity index (χ0) is 17.7. The minimum absolute atomic E-state index is 0.0539. The van der Waals surface area contributed by atoms with Gasteiger partial charge in [0, 0.05) is 12.1 Å². The molecule has 2 aromatic rings. The molecule has 0 atom stereocenters. The maximum Gasteiger partial charge on any atom is 0.293 e. The molecule has 9 nitrogen and oxygen atoms in total. The van der Waals surface area contributed by atoms with Crippen LogP contribution in [0.3, 0.4) is 0 Å². The number of carbonyl (C=O) groups is 1. The molecule has 0 saturated carbocycles. The number of aryl methyl sites for hydroxylation is 1. The maximum absolute atomic E-state index is 11.9. The van der Waals surface area contributed by atoms with Gasteiger partial charge in [0.15, 0.2) is 6.61 Å². The fourth-order valence-electron chi connectivity index (χ4n) is 1.92. The van der Waals surface area contributed by atoms with E-state index in [0.717, 1.165) is 0 Å². The number of nitro groups is 2. The maximum atomic E-state index is 11.9. The number of carbonyl (C=O) groups excluding carboxylic acids is 1. The van der Waals surface area contributed by atoms with Crippen molar-refractivity contribution in [2.75, 3.05) is 11.9 Å². The summed E-state index contributed by atoms with van der Waals surface area (Å²) < 4.78 is 5.17. The lowest BCUT2D eigenvalue weighted by molar-refractivity contribution is -0.385. The van der Waals surface area contributed by atoms with Gasteiger partial charge in [0.1, 0.15) is 11.4 Å². The number of anilines is 1. The van der Waals surface area contributed by atoms with Gasteiger partial charge in [0.25, 0.3) is 17.3 Å². The van der Waals surface area contributed by atoms with Gasteiger partial charge in [-0.05, 0) is 24.6 Å². The van der Waals surface area contributed by atoms with Gasteiger partial charge < -0.3 is 10.1 Å². The number of benzene rings is 2. The molecule has 0 saturated heterocycles. The Kier molecular flexibility index (Phi) is 5.05. The molecule has 2 aromatic carbocycles. The highest BCUT2D eigenvalue weighted by atomic mass is 16.6. The molecule has 0 aromatic heterocycles. The van der Waals surface area contributed by atoms with Crippen molar-refractivity contribution in [1.82, 2.24) is 0 Å². The van der Waals surface area contributed by atoms with E-state index in [9.17, 15) is 25.0 Å². The first-order chi connectivity index (χ1) is 11.4. The van der Waals surface area contributed by atoms with Gasteiger partial charge in [-0.2, -0.15) is 0 Å². The summed E-state index contributed by atoms with van der Waals surface area (Å²) >= 11 is 0. The average Bonchev–Trinajstić information content (AvgIpc) is 2.54. The highest BCUT2D eigenvalue weighted by Gasteiger charge is 2.16. The summed E-state index contributed by atoms with van der Waals surface area (Å²) in [7, 11) is 0. The Morgan fingerprint density at radius 1 is 1.12 bits per heavy atom. The van der Waals surface area contributed by atoms with E-state index < -0.39 is 22.4 Å². The Morgan fingerprint density at radius 2 is 1.88 bits per heavy atom. The van der Waals surface area contributed by atoms with Crippen LogP contribution in [0.2, 0.25) is 0 Å². The molecule has 0 radical (unpaired) electrons. The summed E-state index contributed by atoms with van der Waals surface area (Å²) in [6.45, 7) is 1.26. The van der Waals surface area contributed by atoms with Crippen molar-refractivity contribution >= 4 is 23.0 Å². The Labute approximate surface area is 136 Å². The van der Waals surface area contributed by atoms with E-state index in [4.69, 9.17) is 4.74 Å². The molecule has 0 spiro atoms. The lowest BCUT2D eigenvalue weighted by Crippen LogP contribution is -2.20. The van der Waals surface area contributed by atoms with E-state index in [1.165, 1.54) is 36.4 Å². The van der Waals surface area contributed by atoms with Gasteiger partial charge in [-0.25, -0.2) is 0 Å². The van der Waals surface area contributed by atoms with Gasteiger partial charge in [-0.3, -0.25) is 25.0 Å². The second kappa shape index (κ2) is 7.18. The summed E-state index contributed by atoms with van der Waals surface area (Å²) in [4.78, 5) is 32.4. The molecule has 0 fully saturated rings. The van der Waals surface area contributed by atoms with Crippen LogP contribution in [0, 0.1) is 27.2 Å². The molecule has 0 aliphatic carbocycles. The number of hydrogen-bond donors (Lipinski definition) is 1. The number of non-ortho nitro benzene ring substituents is 1. The molecule has 24 heavy (non-hydrogen) atoms. The van der Waals surface area contributed by atoms with Crippen LogP contribution in [-0.2, 0) is 4.79 Å². The molecule has 0 heterocycles. The zero-order valence-corrected chi connectivity index (χ0v) is 12.6. The molecule has 9 heteroatoms. The summed E-state index contributed by atoms with van der Waals surface area (Å²) in [5, 5.41) is 24.1. The Hall–Kier alpha value is -3.49. The number of nitrogens with zero attached hydrogens (tertiary/aromatic N) is 2. The van der Waals surface area contributed by atoms with Gasteiger partial charge in [-0.15, -0.1) is 0 Å². The van der Waals surface area contributed by atoms with E-state index in [2.05, 4.69) is 5.32 Å². The van der Waals surface area contributed by atoms with E-state index >= 15 is 0 Å². The Bertz CT molecular complexity index is 806. The first-order valence-electron chi connectivity index (χ1n) is 6.79. The summed E-state index contributed by atoms with van der Waals surface area (Å²) in [5.74, 6) is -0.466. The van der Waals surface area contributed by atoms with Crippen molar-refractivity contribution in [3.05, 3.63) is 68.3 Å². The van der Waals surface area contributed by atoms with Crippen LogP contribution in [0.4, 0.5) is 17.1 Å². The van der Waals surface area contributed by atoms with Crippen LogP contribution >= 0.6 is 0 Å². The molecule has 0 aliphatic heterocycles. The predicted molar refractivity (Wildman–Crippen MR) is 85.1 cm³/mol. The number of rotatable bonds is 6. The molecular weight excluding hydrogens is 318 g/mol. The number of nitrogens with one attached hydrogen (secondary N) is 1. The SMILES string of the molecule is Cc1ccc(NC(=O)COc2cccc([N+](=O)[O-])c2)c([N+](=O)[O-])c1. The van der Waals surface area contributed by atoms with Gasteiger partial charge >= 0.3 is 0 Å². The first-order valence-corrected chi connectivity index (χ1v) is 6.79. The summed E-state index contributed by atoms with van der Waals surface area (Å²) in [6.07, 6.45) is 0. The van der Waals surface area contributed by atoms with Gasteiger partial charge in [0.05, 0.1) is 15.9 Å². The Balaban J connectivity index is 2.03. The number of nitro benzene ring substituents is 2. The van der Waals surface area contributed by atoms with Crippen molar-refractivity contribution < 1.29 is 19.4 Å². The minimum atomic E-state index is -0.617. The summed E-state index contributed by atoms with van der Waals surface area (Å²) in [6, 6.07) is 9.77. The van der Waals surface area contributed by atoms with Crippen molar-refractivity contribution in [2.45, 2.75) is 6.92 Å². The Morgan fingerprint density at radius 3 is 2.54 bits per heavy atom. The van der Waals surface area contributed by atoms with E-state index in [-0.39, 0.29) is 22.8 Å². The standard InChI is InChI=1S/C15H13N3O6/c1-10-5-6-13(14(7-10)18(22)23)16-15(19)9-24-12-4-2-3-11(8-12)17(20)21/h2-8H,9H2,1H3,(H,16,19). The van der Waals surface area contributed by atoms with E-state index in [0.29, 0.717) is 5.56 Å². The van der Waals surface area contributed by atoms with Crippen LogP contribution in [0.5, 0.6) is 5.75 Å². The highest BCUT2D eigenvalue weighted by Crippen LogP contribution is 2.25. The van der Waals surface area contributed by atoms with Crippen LogP contribution in [-0.4, -0.2) is 22.4 Å². The second-order valence-electron chi connectivity index (χ2n) is 4.87.